The zero-order chi connectivity index (χ0) is 14.5. The maximum atomic E-state index is 13.4. The molecule has 0 radical (unpaired) electrons. The maximum Gasteiger partial charge on any atom is 0.236 e. The van der Waals surface area contributed by atoms with Crippen molar-refractivity contribution < 1.29 is 12.8 Å². The Hall–Kier alpha value is -1.14. The van der Waals surface area contributed by atoms with Gasteiger partial charge in [-0.2, -0.15) is 0 Å². The summed E-state index contributed by atoms with van der Waals surface area (Å²) in [6.07, 6.45) is 0.948. The normalized spacial score (nSPS) is 13.3. The van der Waals surface area contributed by atoms with Gasteiger partial charge in [-0.3, -0.25) is 4.72 Å². The first-order valence-electron chi connectivity index (χ1n) is 6.36. The average molecular weight is 288 g/mol. The van der Waals surface area contributed by atoms with E-state index in [1.165, 1.54) is 12.1 Å². The van der Waals surface area contributed by atoms with Crippen molar-refractivity contribution in [3.63, 3.8) is 0 Å². The monoisotopic (exact) mass is 288 g/mol. The lowest BCUT2D eigenvalue weighted by Crippen LogP contribution is -2.35. The summed E-state index contributed by atoms with van der Waals surface area (Å²) in [5.41, 5.74) is 0.599. The quantitative estimate of drug-likeness (QED) is 0.757. The largest absolute Gasteiger partial charge is 0.315 e. The van der Waals surface area contributed by atoms with Crippen LogP contribution in [-0.4, -0.2) is 26.8 Å². The smallest absolute Gasteiger partial charge is 0.236 e. The lowest BCUT2D eigenvalue weighted by molar-refractivity contribution is 0.575. The summed E-state index contributed by atoms with van der Waals surface area (Å²) in [4.78, 5) is 0. The molecule has 6 heteroatoms. The van der Waals surface area contributed by atoms with E-state index in [2.05, 4.69) is 10.0 Å². The van der Waals surface area contributed by atoms with E-state index in [4.69, 9.17) is 0 Å². The van der Waals surface area contributed by atoms with E-state index in [1.54, 1.807) is 19.9 Å². The fourth-order valence-corrected chi connectivity index (χ4v) is 2.63. The first kappa shape index (κ1) is 15.9. The van der Waals surface area contributed by atoms with Crippen LogP contribution >= 0.6 is 0 Å². The van der Waals surface area contributed by atoms with Crippen LogP contribution in [0.4, 0.5) is 10.1 Å². The highest BCUT2D eigenvalue weighted by atomic mass is 32.2. The number of anilines is 1. The highest BCUT2D eigenvalue weighted by Crippen LogP contribution is 2.19. The molecule has 0 spiro atoms. The molecule has 108 valence electrons. The third-order valence-corrected chi connectivity index (χ3v) is 4.64. The molecule has 1 aromatic rings. The number of benzene rings is 1. The van der Waals surface area contributed by atoms with Crippen LogP contribution in [0.25, 0.3) is 0 Å². The second-order valence-corrected chi connectivity index (χ2v) is 6.67. The van der Waals surface area contributed by atoms with Crippen LogP contribution in [0.5, 0.6) is 0 Å². The second-order valence-electron chi connectivity index (χ2n) is 4.57. The average Bonchev–Trinajstić information content (AvgIpc) is 2.35. The predicted octanol–water partition coefficient (Wildman–Crippen LogP) is 2.26. The standard InChI is InChI=1S/C13H21FN2O2S/c1-4-8-15-9-10(2)19(17,18)16-13-7-5-6-12(14)11(13)3/h5-7,10,15-16H,4,8-9H2,1-3H3. The van der Waals surface area contributed by atoms with Crippen molar-refractivity contribution in [2.24, 2.45) is 0 Å². The fourth-order valence-electron chi connectivity index (χ4n) is 1.56. The Balaban J connectivity index is 2.76. The molecule has 1 unspecified atom stereocenters. The summed E-state index contributed by atoms with van der Waals surface area (Å²) < 4.78 is 40.0. The van der Waals surface area contributed by atoms with Gasteiger partial charge in [0.2, 0.25) is 10.0 Å². The van der Waals surface area contributed by atoms with E-state index in [-0.39, 0.29) is 0 Å². The van der Waals surface area contributed by atoms with Gasteiger partial charge in [0, 0.05) is 12.1 Å². The molecule has 19 heavy (non-hydrogen) atoms. The van der Waals surface area contributed by atoms with Gasteiger partial charge in [0.1, 0.15) is 5.82 Å². The SMILES string of the molecule is CCCNCC(C)S(=O)(=O)Nc1cccc(F)c1C. The zero-order valence-electron chi connectivity index (χ0n) is 11.5. The molecular formula is C13H21FN2O2S. The maximum absolute atomic E-state index is 13.4. The fraction of sp³-hybridized carbons (Fsp3) is 0.538. The van der Waals surface area contributed by atoms with Gasteiger partial charge in [0.05, 0.1) is 10.9 Å². The molecule has 0 fully saturated rings. The highest BCUT2D eigenvalue weighted by molar-refractivity contribution is 7.93. The summed E-state index contributed by atoms with van der Waals surface area (Å²) in [6, 6.07) is 4.35. The van der Waals surface area contributed by atoms with E-state index in [0.717, 1.165) is 13.0 Å². The lowest BCUT2D eigenvalue weighted by Gasteiger charge is -2.16. The number of rotatable bonds is 7. The summed E-state index contributed by atoms with van der Waals surface area (Å²) in [6.45, 7) is 6.34. The van der Waals surface area contributed by atoms with Crippen LogP contribution in [0.15, 0.2) is 18.2 Å². The van der Waals surface area contributed by atoms with E-state index in [1.807, 2.05) is 6.92 Å². The van der Waals surface area contributed by atoms with Gasteiger partial charge >= 0.3 is 0 Å². The number of nitrogens with one attached hydrogen (secondary N) is 2. The van der Waals surface area contributed by atoms with Crippen molar-refractivity contribution in [3.8, 4) is 0 Å². The summed E-state index contributed by atoms with van der Waals surface area (Å²) in [5.74, 6) is -0.419. The van der Waals surface area contributed by atoms with Crippen LogP contribution in [0.3, 0.4) is 0 Å². The van der Waals surface area contributed by atoms with Crippen LogP contribution < -0.4 is 10.0 Å². The van der Waals surface area contributed by atoms with E-state index >= 15 is 0 Å². The second kappa shape index (κ2) is 6.86. The van der Waals surface area contributed by atoms with Crippen LogP contribution in [0.2, 0.25) is 0 Å². The van der Waals surface area contributed by atoms with Gasteiger partial charge < -0.3 is 5.32 Å². The Kier molecular flexibility index (Phi) is 5.75. The van der Waals surface area contributed by atoms with Crippen molar-refractivity contribution in [1.82, 2.24) is 5.32 Å². The minimum Gasteiger partial charge on any atom is -0.315 e. The van der Waals surface area contributed by atoms with Crippen molar-refractivity contribution in [1.29, 1.82) is 0 Å². The Morgan fingerprint density at radius 1 is 1.37 bits per heavy atom. The molecule has 1 atom stereocenters. The summed E-state index contributed by atoms with van der Waals surface area (Å²) >= 11 is 0. The van der Waals surface area contributed by atoms with Gasteiger partial charge in [-0.1, -0.05) is 13.0 Å². The molecule has 2 N–H and O–H groups in total. The third kappa shape index (κ3) is 4.47. The zero-order valence-corrected chi connectivity index (χ0v) is 12.3. The third-order valence-electron chi connectivity index (χ3n) is 2.91. The van der Waals surface area contributed by atoms with Crippen LogP contribution in [0.1, 0.15) is 25.8 Å². The van der Waals surface area contributed by atoms with Gasteiger partial charge in [-0.15, -0.1) is 0 Å². The van der Waals surface area contributed by atoms with Crippen LogP contribution in [0, 0.1) is 12.7 Å². The van der Waals surface area contributed by atoms with E-state index < -0.39 is 21.1 Å². The molecule has 1 rings (SSSR count). The van der Waals surface area contributed by atoms with Gasteiger partial charge in [0.15, 0.2) is 0 Å². The first-order valence-corrected chi connectivity index (χ1v) is 7.90. The summed E-state index contributed by atoms with van der Waals surface area (Å²) in [7, 11) is -3.51. The highest BCUT2D eigenvalue weighted by Gasteiger charge is 2.21. The minimum atomic E-state index is -3.51. The van der Waals surface area contributed by atoms with Gasteiger partial charge in [0.25, 0.3) is 0 Å². The predicted molar refractivity (Wildman–Crippen MR) is 76.3 cm³/mol. The molecule has 4 nitrogen and oxygen atoms in total. The Labute approximate surface area is 114 Å². The molecule has 0 bridgehead atoms. The Bertz CT molecular complexity index is 517. The molecule has 0 aromatic heterocycles. The number of halogens is 1. The topological polar surface area (TPSA) is 58.2 Å². The Morgan fingerprint density at radius 3 is 2.68 bits per heavy atom. The van der Waals surface area contributed by atoms with Crippen molar-refractivity contribution in [3.05, 3.63) is 29.6 Å². The van der Waals surface area contributed by atoms with Crippen molar-refractivity contribution >= 4 is 15.7 Å². The van der Waals surface area contributed by atoms with Crippen molar-refractivity contribution in [2.75, 3.05) is 17.8 Å². The molecule has 0 saturated heterocycles. The van der Waals surface area contributed by atoms with E-state index in [9.17, 15) is 12.8 Å². The van der Waals surface area contributed by atoms with Crippen molar-refractivity contribution in [2.45, 2.75) is 32.4 Å². The molecule has 1 aromatic carbocycles. The van der Waals surface area contributed by atoms with E-state index in [0.29, 0.717) is 17.8 Å². The molecule has 0 aliphatic rings. The Morgan fingerprint density at radius 2 is 2.05 bits per heavy atom. The molecule has 0 aliphatic heterocycles. The molecule has 0 heterocycles. The molecule has 0 saturated carbocycles. The molecule has 0 amide bonds. The molecular weight excluding hydrogens is 267 g/mol. The molecule has 0 aliphatic carbocycles. The van der Waals surface area contributed by atoms with Gasteiger partial charge in [-0.25, -0.2) is 12.8 Å². The van der Waals surface area contributed by atoms with Crippen LogP contribution in [-0.2, 0) is 10.0 Å². The lowest BCUT2D eigenvalue weighted by atomic mass is 10.2. The first-order chi connectivity index (χ1) is 8.88. The summed E-state index contributed by atoms with van der Waals surface area (Å²) in [5, 5.41) is 2.48. The van der Waals surface area contributed by atoms with Gasteiger partial charge in [-0.05, 0) is 38.9 Å². The number of sulfonamides is 1. The minimum absolute atomic E-state index is 0.294. The number of hydrogen-bond donors (Lipinski definition) is 2. The number of hydrogen-bond acceptors (Lipinski definition) is 3.